The average molecular weight is 475 g/mol. The number of hydroxylamine groups is 4. The lowest BCUT2D eigenvalue weighted by molar-refractivity contribution is -0.215. The normalized spacial score (nSPS) is 13.6. The van der Waals surface area contributed by atoms with Crippen LogP contribution < -0.4 is 0 Å². The zero-order valence-electron chi connectivity index (χ0n) is 20.5. The van der Waals surface area contributed by atoms with Crippen molar-refractivity contribution in [2.45, 2.75) is 92.3 Å². The van der Waals surface area contributed by atoms with Gasteiger partial charge < -0.3 is 14.3 Å². The van der Waals surface area contributed by atoms with Gasteiger partial charge in [-0.2, -0.15) is 0 Å². The van der Waals surface area contributed by atoms with E-state index in [1.54, 1.807) is 0 Å². The predicted molar refractivity (Wildman–Crippen MR) is 113 cm³/mol. The van der Waals surface area contributed by atoms with Crippen molar-refractivity contribution in [2.75, 3.05) is 6.61 Å². The summed E-state index contributed by atoms with van der Waals surface area (Å²) >= 11 is 0. The van der Waals surface area contributed by atoms with Crippen LogP contribution in [0.25, 0.3) is 0 Å². The molecule has 0 aliphatic carbocycles. The Kier molecular flexibility index (Phi) is 11.7. The smallest absolute Gasteiger partial charge is 0.427 e. The molecule has 0 aromatic heterocycles. The van der Waals surface area contributed by atoms with E-state index in [2.05, 4.69) is 4.84 Å². The van der Waals surface area contributed by atoms with Gasteiger partial charge in [-0.25, -0.2) is 9.59 Å². The van der Waals surface area contributed by atoms with Crippen LogP contribution in [0.5, 0.6) is 0 Å². The Hall–Kier alpha value is -3.02. The van der Waals surface area contributed by atoms with Crippen LogP contribution in [-0.2, 0) is 43.1 Å². The summed E-state index contributed by atoms with van der Waals surface area (Å²) in [6, 6.07) is 0. The number of amides is 4. The van der Waals surface area contributed by atoms with Crippen molar-refractivity contribution in [3.8, 4) is 0 Å². The third-order valence-corrected chi connectivity index (χ3v) is 4.18. The SMILES string of the molecule is CC.CCC(=O)N(OC(=O)C(C)(C)OCCC(C)(C)OC(=O)ON1C(=O)CCC1=O)C(C)=O. The third-order valence-electron chi connectivity index (χ3n) is 4.18. The van der Waals surface area contributed by atoms with E-state index in [0.29, 0.717) is 10.1 Å². The fourth-order valence-electron chi connectivity index (χ4n) is 2.27. The van der Waals surface area contributed by atoms with Gasteiger partial charge in [-0.05, 0) is 27.7 Å². The number of carbonyl (C=O) groups is 6. The van der Waals surface area contributed by atoms with Crippen LogP contribution in [0.15, 0.2) is 0 Å². The summed E-state index contributed by atoms with van der Waals surface area (Å²) < 4.78 is 10.6. The molecule has 0 N–H and O–H groups in total. The molecule has 1 aliphatic heterocycles. The molecule has 12 nitrogen and oxygen atoms in total. The second-order valence-electron chi connectivity index (χ2n) is 7.83. The molecule has 1 rings (SSSR count). The van der Waals surface area contributed by atoms with Gasteiger partial charge in [0.15, 0.2) is 5.60 Å². The highest BCUT2D eigenvalue weighted by Crippen LogP contribution is 2.21. The fourth-order valence-corrected chi connectivity index (χ4v) is 2.27. The summed E-state index contributed by atoms with van der Waals surface area (Å²) in [5, 5.41) is 0.740. The first-order chi connectivity index (χ1) is 15.2. The van der Waals surface area contributed by atoms with Crippen LogP contribution in [0.3, 0.4) is 0 Å². The zero-order chi connectivity index (χ0) is 26.0. The number of hydrogen-bond donors (Lipinski definition) is 0. The maximum absolute atomic E-state index is 12.3. The lowest BCUT2D eigenvalue weighted by atomic mass is 10.1. The number of carbonyl (C=O) groups excluding carboxylic acids is 6. The molecular formula is C21H34N2O10. The van der Waals surface area contributed by atoms with Gasteiger partial charge in [0, 0.05) is 32.6 Å². The molecule has 0 aromatic carbocycles. The maximum Gasteiger partial charge on any atom is 0.534 e. The number of hydrogen-bond acceptors (Lipinski definition) is 10. The van der Waals surface area contributed by atoms with E-state index in [1.165, 1.54) is 34.6 Å². The highest BCUT2D eigenvalue weighted by Gasteiger charge is 2.37. The lowest BCUT2D eigenvalue weighted by Gasteiger charge is -2.29. The standard InChI is InChI=1S/C19H28N2O10.C2H6/c1-7-13(23)20(12(2)22)30-16(26)19(5,6)28-11-10-18(3,4)29-17(27)31-21-14(24)8-9-15(21)25;1-2/h7-11H2,1-6H3;1-2H3. The quantitative estimate of drug-likeness (QED) is 0.292. The predicted octanol–water partition coefficient (Wildman–Crippen LogP) is 2.44. The van der Waals surface area contributed by atoms with E-state index >= 15 is 0 Å². The molecular weight excluding hydrogens is 440 g/mol. The fraction of sp³-hybridized carbons (Fsp3) is 0.714. The van der Waals surface area contributed by atoms with Gasteiger partial charge in [-0.1, -0.05) is 25.8 Å². The van der Waals surface area contributed by atoms with E-state index in [-0.39, 0.29) is 32.3 Å². The molecule has 1 heterocycles. The van der Waals surface area contributed by atoms with Crippen LogP contribution in [-0.4, -0.2) is 63.7 Å². The Labute approximate surface area is 193 Å². The third kappa shape index (κ3) is 9.56. The Balaban J connectivity index is 0.00000497. The maximum atomic E-state index is 12.3. The van der Waals surface area contributed by atoms with E-state index < -0.39 is 47.0 Å². The minimum Gasteiger partial charge on any atom is -0.427 e. The number of imide groups is 2. The number of ether oxygens (including phenoxy) is 2. The minimum atomic E-state index is -1.52. The zero-order valence-corrected chi connectivity index (χ0v) is 20.5. The first-order valence-corrected chi connectivity index (χ1v) is 10.7. The molecule has 0 bridgehead atoms. The lowest BCUT2D eigenvalue weighted by Crippen LogP contribution is -2.45. The molecule has 188 valence electrons. The molecule has 1 fully saturated rings. The summed E-state index contributed by atoms with van der Waals surface area (Å²) in [7, 11) is 0. The summed E-state index contributed by atoms with van der Waals surface area (Å²) in [4.78, 5) is 79.9. The van der Waals surface area contributed by atoms with Crippen molar-refractivity contribution in [3.05, 3.63) is 0 Å². The van der Waals surface area contributed by atoms with Crippen LogP contribution >= 0.6 is 0 Å². The van der Waals surface area contributed by atoms with Gasteiger partial charge in [-0.15, -0.1) is 5.06 Å². The van der Waals surface area contributed by atoms with Gasteiger partial charge in [0.1, 0.15) is 5.60 Å². The molecule has 0 spiro atoms. The van der Waals surface area contributed by atoms with Gasteiger partial charge in [0.2, 0.25) is 0 Å². The van der Waals surface area contributed by atoms with Crippen LogP contribution in [0.1, 0.15) is 81.1 Å². The summed E-state index contributed by atoms with van der Waals surface area (Å²) in [5.41, 5.74) is -2.65. The molecule has 1 saturated heterocycles. The molecule has 0 saturated carbocycles. The van der Waals surface area contributed by atoms with Crippen LogP contribution in [0, 0.1) is 0 Å². The van der Waals surface area contributed by atoms with Crippen molar-refractivity contribution < 1.29 is 47.9 Å². The topological polar surface area (TPSA) is 146 Å². The van der Waals surface area contributed by atoms with Crippen molar-refractivity contribution in [2.24, 2.45) is 0 Å². The monoisotopic (exact) mass is 474 g/mol. The summed E-state index contributed by atoms with van der Waals surface area (Å²) in [6.07, 6.45) is -1.25. The number of rotatable bonds is 8. The Morgan fingerprint density at radius 3 is 1.97 bits per heavy atom. The Morgan fingerprint density at radius 2 is 1.52 bits per heavy atom. The highest BCUT2D eigenvalue weighted by molar-refractivity contribution is 6.01. The first kappa shape index (κ1) is 30.0. The molecule has 0 radical (unpaired) electrons. The molecule has 0 aromatic rings. The summed E-state index contributed by atoms with van der Waals surface area (Å²) in [5.74, 6) is -3.67. The molecule has 0 atom stereocenters. The average Bonchev–Trinajstić information content (AvgIpc) is 3.03. The van der Waals surface area contributed by atoms with Crippen LogP contribution in [0.4, 0.5) is 4.79 Å². The second-order valence-corrected chi connectivity index (χ2v) is 7.83. The molecule has 4 amide bonds. The van der Waals surface area contributed by atoms with Gasteiger partial charge >= 0.3 is 12.1 Å². The van der Waals surface area contributed by atoms with E-state index in [0.717, 1.165) is 6.92 Å². The highest BCUT2D eigenvalue weighted by atomic mass is 16.8. The van der Waals surface area contributed by atoms with Crippen LogP contribution in [0.2, 0.25) is 0 Å². The van der Waals surface area contributed by atoms with E-state index in [4.69, 9.17) is 14.3 Å². The second kappa shape index (κ2) is 12.9. The van der Waals surface area contributed by atoms with Gasteiger partial charge in [-0.3, -0.25) is 24.0 Å². The van der Waals surface area contributed by atoms with Gasteiger partial charge in [0.25, 0.3) is 23.6 Å². The van der Waals surface area contributed by atoms with Crippen molar-refractivity contribution in [1.82, 2.24) is 10.1 Å². The van der Waals surface area contributed by atoms with E-state index in [9.17, 15) is 28.8 Å². The van der Waals surface area contributed by atoms with Crippen molar-refractivity contribution in [1.29, 1.82) is 0 Å². The molecule has 0 unspecified atom stereocenters. The Bertz CT molecular complexity index is 744. The first-order valence-electron chi connectivity index (χ1n) is 10.7. The van der Waals surface area contributed by atoms with Crippen molar-refractivity contribution in [3.63, 3.8) is 0 Å². The minimum absolute atomic E-state index is 0.0373. The van der Waals surface area contributed by atoms with Crippen molar-refractivity contribution >= 4 is 35.8 Å². The van der Waals surface area contributed by atoms with Gasteiger partial charge in [0.05, 0.1) is 6.61 Å². The largest absolute Gasteiger partial charge is 0.534 e. The summed E-state index contributed by atoms with van der Waals surface area (Å²) in [6.45, 7) is 12.4. The number of nitrogens with zero attached hydrogens (tertiary/aromatic N) is 2. The molecule has 12 heteroatoms. The van der Waals surface area contributed by atoms with E-state index in [1.807, 2.05) is 13.8 Å². The molecule has 1 aliphatic rings. The Morgan fingerprint density at radius 1 is 1.00 bits per heavy atom. The molecule has 33 heavy (non-hydrogen) atoms.